The largest absolute Gasteiger partial charge is 0.356 e. The Balaban J connectivity index is 0.000000686. The topological polar surface area (TPSA) is 64.2 Å². The highest BCUT2D eigenvalue weighted by atomic mass is 16.5. The zero-order valence-electron chi connectivity index (χ0n) is 20.4. The first-order valence-electron chi connectivity index (χ1n) is 12.4. The van der Waals surface area contributed by atoms with Crippen molar-refractivity contribution in [1.82, 2.24) is 19.6 Å². The Labute approximate surface area is 191 Å². The average molecular weight is 439 g/mol. The number of hydrogen-bond acceptors (Lipinski definition) is 5. The average Bonchev–Trinajstić information content (AvgIpc) is 3.29. The SMILES string of the molecule is CC.CC.Cc1nc2n(c(=O)c1CN1CCC(c3noc4ccccc34)CC1)CCCC2. The first-order valence-corrected chi connectivity index (χ1v) is 12.4. The van der Waals surface area contributed by atoms with Crippen LogP contribution in [-0.2, 0) is 19.5 Å². The van der Waals surface area contributed by atoms with Crippen LogP contribution in [0.1, 0.15) is 82.1 Å². The Bertz CT molecular complexity index is 1060. The maximum Gasteiger partial charge on any atom is 0.258 e. The molecule has 0 aliphatic carbocycles. The summed E-state index contributed by atoms with van der Waals surface area (Å²) >= 11 is 0. The van der Waals surface area contributed by atoms with Crippen molar-refractivity contribution >= 4 is 11.0 Å². The van der Waals surface area contributed by atoms with Gasteiger partial charge in [-0.2, -0.15) is 0 Å². The maximum absolute atomic E-state index is 13.0. The van der Waals surface area contributed by atoms with Gasteiger partial charge in [0.05, 0.1) is 11.3 Å². The predicted molar refractivity (Wildman–Crippen MR) is 130 cm³/mol. The third-order valence-corrected chi connectivity index (χ3v) is 6.34. The van der Waals surface area contributed by atoms with Gasteiger partial charge in [-0.05, 0) is 57.8 Å². The van der Waals surface area contributed by atoms with E-state index in [4.69, 9.17) is 9.51 Å². The molecule has 0 spiro atoms. The summed E-state index contributed by atoms with van der Waals surface area (Å²) in [5.74, 6) is 1.39. The van der Waals surface area contributed by atoms with Crippen molar-refractivity contribution in [2.24, 2.45) is 0 Å². The summed E-state index contributed by atoms with van der Waals surface area (Å²) < 4.78 is 7.40. The van der Waals surface area contributed by atoms with E-state index in [0.717, 1.165) is 85.5 Å². The van der Waals surface area contributed by atoms with Gasteiger partial charge >= 0.3 is 0 Å². The Morgan fingerprint density at radius 2 is 1.75 bits per heavy atom. The van der Waals surface area contributed by atoms with Crippen LogP contribution in [0.3, 0.4) is 0 Å². The summed E-state index contributed by atoms with van der Waals surface area (Å²) in [4.78, 5) is 20.1. The molecule has 2 aliphatic rings. The highest BCUT2D eigenvalue weighted by molar-refractivity contribution is 5.79. The summed E-state index contributed by atoms with van der Waals surface area (Å²) in [6, 6.07) is 8.09. The molecular formula is C26H38N4O2. The van der Waals surface area contributed by atoms with Crippen LogP contribution in [-0.4, -0.2) is 32.7 Å². The Hall–Kier alpha value is -2.47. The third kappa shape index (κ3) is 4.96. The van der Waals surface area contributed by atoms with Gasteiger partial charge in [0, 0.05) is 36.5 Å². The third-order valence-electron chi connectivity index (χ3n) is 6.34. The molecule has 1 fully saturated rings. The Kier molecular flexibility index (Phi) is 8.62. The van der Waals surface area contributed by atoms with Crippen LogP contribution in [0.2, 0.25) is 0 Å². The van der Waals surface area contributed by atoms with Crippen LogP contribution in [0.4, 0.5) is 0 Å². The number of aryl methyl sites for hydroxylation is 2. The molecule has 6 heteroatoms. The van der Waals surface area contributed by atoms with E-state index in [1.807, 2.05) is 57.4 Å². The number of fused-ring (bicyclic) bond motifs is 2. The maximum atomic E-state index is 13.0. The lowest BCUT2D eigenvalue weighted by Crippen LogP contribution is -2.38. The zero-order valence-corrected chi connectivity index (χ0v) is 20.4. The van der Waals surface area contributed by atoms with Crippen LogP contribution in [0.15, 0.2) is 33.6 Å². The van der Waals surface area contributed by atoms with Crippen molar-refractivity contribution in [3.8, 4) is 0 Å². The van der Waals surface area contributed by atoms with Crippen molar-refractivity contribution < 1.29 is 4.52 Å². The second-order valence-electron chi connectivity index (χ2n) is 8.12. The fourth-order valence-electron chi connectivity index (χ4n) is 4.70. The summed E-state index contributed by atoms with van der Waals surface area (Å²) in [7, 11) is 0. The highest BCUT2D eigenvalue weighted by Gasteiger charge is 2.26. The number of piperidine rings is 1. The summed E-state index contributed by atoms with van der Waals surface area (Å²) in [6.45, 7) is 13.4. The van der Waals surface area contributed by atoms with E-state index in [-0.39, 0.29) is 5.56 Å². The first kappa shape index (κ1) is 24.2. The molecule has 1 saturated heterocycles. The van der Waals surface area contributed by atoms with E-state index in [2.05, 4.69) is 16.1 Å². The molecule has 1 aromatic carbocycles. The molecule has 3 aromatic rings. The summed E-state index contributed by atoms with van der Waals surface area (Å²) in [5, 5.41) is 5.48. The quantitative estimate of drug-likeness (QED) is 0.543. The summed E-state index contributed by atoms with van der Waals surface area (Å²) in [5.41, 5.74) is 3.90. The molecule has 2 aliphatic heterocycles. The monoisotopic (exact) mass is 438 g/mol. The highest BCUT2D eigenvalue weighted by Crippen LogP contribution is 2.32. The number of benzene rings is 1. The Morgan fingerprint density at radius 1 is 1.03 bits per heavy atom. The van der Waals surface area contributed by atoms with Crippen molar-refractivity contribution in [3.63, 3.8) is 0 Å². The smallest absolute Gasteiger partial charge is 0.258 e. The Morgan fingerprint density at radius 3 is 2.50 bits per heavy atom. The fourth-order valence-corrected chi connectivity index (χ4v) is 4.70. The van der Waals surface area contributed by atoms with Crippen molar-refractivity contribution in [3.05, 3.63) is 57.4 Å². The van der Waals surface area contributed by atoms with Crippen LogP contribution in [0, 0.1) is 6.92 Å². The number of nitrogens with zero attached hydrogens (tertiary/aromatic N) is 4. The van der Waals surface area contributed by atoms with Gasteiger partial charge in [-0.1, -0.05) is 45.0 Å². The zero-order chi connectivity index (χ0) is 23.1. The minimum absolute atomic E-state index is 0.173. The minimum atomic E-state index is 0.173. The second-order valence-corrected chi connectivity index (χ2v) is 8.12. The van der Waals surface area contributed by atoms with Gasteiger partial charge < -0.3 is 4.52 Å². The van der Waals surface area contributed by atoms with E-state index in [1.165, 1.54) is 0 Å². The normalized spacial score (nSPS) is 16.5. The van der Waals surface area contributed by atoms with Crippen molar-refractivity contribution in [2.75, 3.05) is 13.1 Å². The van der Waals surface area contributed by atoms with Gasteiger partial charge in [0.1, 0.15) is 5.82 Å². The standard InChI is InChI=1S/C22H26N4O2.2C2H6/c1-15-18(22(27)26-11-5-4-8-20(26)23-15)14-25-12-9-16(10-13-25)21-17-6-2-3-7-19(17)28-24-21;2*1-2/h2-3,6-7,16H,4-5,8-14H2,1H3;2*1-2H3. The molecule has 32 heavy (non-hydrogen) atoms. The summed E-state index contributed by atoms with van der Waals surface area (Å²) in [6.07, 6.45) is 5.21. The van der Waals surface area contributed by atoms with E-state index in [1.54, 1.807) is 0 Å². The minimum Gasteiger partial charge on any atom is -0.356 e. The van der Waals surface area contributed by atoms with Gasteiger partial charge in [-0.25, -0.2) is 4.98 Å². The van der Waals surface area contributed by atoms with Gasteiger partial charge in [-0.3, -0.25) is 14.3 Å². The van der Waals surface area contributed by atoms with E-state index >= 15 is 0 Å². The van der Waals surface area contributed by atoms with E-state index < -0.39 is 0 Å². The molecule has 4 heterocycles. The lowest BCUT2D eigenvalue weighted by molar-refractivity contribution is 0.200. The van der Waals surface area contributed by atoms with Crippen LogP contribution in [0.5, 0.6) is 0 Å². The van der Waals surface area contributed by atoms with Gasteiger partial charge in [0.2, 0.25) is 0 Å². The molecule has 0 radical (unpaired) electrons. The van der Waals surface area contributed by atoms with Crippen LogP contribution < -0.4 is 5.56 Å². The molecule has 5 rings (SSSR count). The molecular weight excluding hydrogens is 400 g/mol. The van der Waals surface area contributed by atoms with Gasteiger partial charge in [0.15, 0.2) is 5.58 Å². The van der Waals surface area contributed by atoms with E-state index in [0.29, 0.717) is 12.5 Å². The van der Waals surface area contributed by atoms with Crippen LogP contribution in [0.25, 0.3) is 11.0 Å². The molecule has 0 atom stereocenters. The number of hydrogen-bond donors (Lipinski definition) is 0. The van der Waals surface area contributed by atoms with Gasteiger partial charge in [0.25, 0.3) is 5.56 Å². The predicted octanol–water partition coefficient (Wildman–Crippen LogP) is 5.46. The molecule has 2 aromatic heterocycles. The van der Waals surface area contributed by atoms with Gasteiger partial charge in [-0.15, -0.1) is 0 Å². The van der Waals surface area contributed by atoms with Crippen molar-refractivity contribution in [1.29, 1.82) is 0 Å². The van der Waals surface area contributed by atoms with Crippen LogP contribution >= 0.6 is 0 Å². The lowest BCUT2D eigenvalue weighted by atomic mass is 9.91. The molecule has 174 valence electrons. The molecule has 0 bridgehead atoms. The molecule has 0 amide bonds. The molecule has 0 saturated carbocycles. The number of rotatable bonds is 3. The lowest BCUT2D eigenvalue weighted by Gasteiger charge is -2.31. The molecule has 0 N–H and O–H groups in total. The fraction of sp³-hybridized carbons (Fsp3) is 0.577. The first-order chi connectivity index (χ1) is 15.7. The number of para-hydroxylation sites is 1. The molecule has 6 nitrogen and oxygen atoms in total. The number of likely N-dealkylation sites (tertiary alicyclic amines) is 1. The number of aromatic nitrogens is 3. The second kappa shape index (κ2) is 11.4. The van der Waals surface area contributed by atoms with E-state index in [9.17, 15) is 4.79 Å². The van der Waals surface area contributed by atoms with Crippen molar-refractivity contribution in [2.45, 2.75) is 85.7 Å². The molecule has 0 unspecified atom stereocenters.